The van der Waals surface area contributed by atoms with Crippen molar-refractivity contribution in [3.63, 3.8) is 0 Å². The smallest absolute Gasteiger partial charge is 0.383 e. The maximum Gasteiger partial charge on any atom is 0.416 e. The SMILES string of the molecule is COCC(NC(C)c1cccc(C(F)(F)F)c1)C1CC1. The van der Waals surface area contributed by atoms with Gasteiger partial charge in [0.2, 0.25) is 0 Å². The van der Waals surface area contributed by atoms with Crippen molar-refractivity contribution in [3.05, 3.63) is 35.4 Å². The average Bonchev–Trinajstić information content (AvgIpc) is 3.21. The Labute approximate surface area is 117 Å². The van der Waals surface area contributed by atoms with E-state index in [1.807, 2.05) is 6.92 Å². The number of ether oxygens (including phenoxy) is 1. The Balaban J connectivity index is 2.06. The van der Waals surface area contributed by atoms with Gasteiger partial charge in [-0.25, -0.2) is 0 Å². The van der Waals surface area contributed by atoms with E-state index in [0.717, 1.165) is 18.9 Å². The molecule has 112 valence electrons. The summed E-state index contributed by atoms with van der Waals surface area (Å²) >= 11 is 0. The molecule has 0 amide bonds. The van der Waals surface area contributed by atoms with Crippen LogP contribution >= 0.6 is 0 Å². The van der Waals surface area contributed by atoms with Crippen molar-refractivity contribution < 1.29 is 17.9 Å². The van der Waals surface area contributed by atoms with Crippen LogP contribution in [0, 0.1) is 5.92 Å². The first-order valence-corrected chi connectivity index (χ1v) is 6.84. The zero-order valence-electron chi connectivity index (χ0n) is 11.7. The van der Waals surface area contributed by atoms with Gasteiger partial charge in [0.1, 0.15) is 0 Å². The van der Waals surface area contributed by atoms with E-state index in [1.165, 1.54) is 12.1 Å². The number of alkyl halides is 3. The van der Waals surface area contributed by atoms with Crippen LogP contribution in [0.1, 0.15) is 36.9 Å². The zero-order chi connectivity index (χ0) is 14.8. The molecule has 0 radical (unpaired) electrons. The van der Waals surface area contributed by atoms with Crippen LogP contribution in [0.5, 0.6) is 0 Å². The first-order valence-electron chi connectivity index (χ1n) is 6.84. The second kappa shape index (κ2) is 6.14. The molecule has 5 heteroatoms. The van der Waals surface area contributed by atoms with Gasteiger partial charge in [-0.3, -0.25) is 0 Å². The predicted octanol–water partition coefficient (Wildman–Crippen LogP) is 3.78. The van der Waals surface area contributed by atoms with Gasteiger partial charge >= 0.3 is 6.18 Å². The standard InChI is InChI=1S/C15H20F3NO/c1-10(19-14(9-20-2)11-6-7-11)12-4-3-5-13(8-12)15(16,17)18/h3-5,8,10-11,14,19H,6-7,9H2,1-2H3. The normalized spacial score (nSPS) is 18.9. The lowest BCUT2D eigenvalue weighted by Gasteiger charge is -2.23. The minimum atomic E-state index is -4.29. The van der Waals surface area contributed by atoms with Gasteiger partial charge < -0.3 is 10.1 Å². The predicted molar refractivity (Wildman–Crippen MR) is 71.4 cm³/mol. The first-order chi connectivity index (χ1) is 9.41. The summed E-state index contributed by atoms with van der Waals surface area (Å²) in [5.74, 6) is 0.586. The highest BCUT2D eigenvalue weighted by Gasteiger charge is 2.33. The van der Waals surface area contributed by atoms with Gasteiger partial charge in [0.25, 0.3) is 0 Å². The lowest BCUT2D eigenvalue weighted by Crippen LogP contribution is -2.37. The van der Waals surface area contributed by atoms with Gasteiger partial charge in [0.15, 0.2) is 0 Å². The summed E-state index contributed by atoms with van der Waals surface area (Å²) in [5, 5.41) is 3.38. The zero-order valence-corrected chi connectivity index (χ0v) is 11.7. The molecule has 2 unspecified atom stereocenters. The Hall–Kier alpha value is -1.07. The van der Waals surface area contributed by atoms with Crippen molar-refractivity contribution >= 4 is 0 Å². The molecular weight excluding hydrogens is 267 g/mol. The number of benzene rings is 1. The molecule has 20 heavy (non-hydrogen) atoms. The fraction of sp³-hybridized carbons (Fsp3) is 0.600. The number of methoxy groups -OCH3 is 1. The Kier molecular flexibility index (Phi) is 4.70. The summed E-state index contributed by atoms with van der Waals surface area (Å²) in [5.41, 5.74) is 0.0555. The van der Waals surface area contributed by atoms with Crippen molar-refractivity contribution in [2.45, 2.75) is 38.0 Å². The second-order valence-corrected chi connectivity index (χ2v) is 5.41. The molecule has 0 saturated heterocycles. The quantitative estimate of drug-likeness (QED) is 0.859. The Morgan fingerprint density at radius 1 is 1.35 bits per heavy atom. The molecule has 2 atom stereocenters. The van der Waals surface area contributed by atoms with E-state index in [0.29, 0.717) is 18.1 Å². The van der Waals surface area contributed by atoms with Crippen molar-refractivity contribution in [1.29, 1.82) is 0 Å². The maximum absolute atomic E-state index is 12.7. The van der Waals surface area contributed by atoms with E-state index in [1.54, 1.807) is 13.2 Å². The van der Waals surface area contributed by atoms with Crippen molar-refractivity contribution in [2.75, 3.05) is 13.7 Å². The van der Waals surface area contributed by atoms with Crippen LogP contribution in [0.15, 0.2) is 24.3 Å². The fourth-order valence-electron chi connectivity index (χ4n) is 2.40. The summed E-state index contributed by atoms with van der Waals surface area (Å²) in [7, 11) is 1.64. The molecule has 1 aliphatic carbocycles. The molecular formula is C15H20F3NO. The molecule has 1 aromatic carbocycles. The van der Waals surface area contributed by atoms with Crippen LogP contribution in [0.25, 0.3) is 0 Å². The lowest BCUT2D eigenvalue weighted by atomic mass is 10.0. The van der Waals surface area contributed by atoms with Crippen molar-refractivity contribution in [1.82, 2.24) is 5.32 Å². The Bertz CT molecular complexity index is 443. The molecule has 1 saturated carbocycles. The summed E-state index contributed by atoms with van der Waals surface area (Å²) in [6, 6.07) is 5.59. The van der Waals surface area contributed by atoms with Gasteiger partial charge in [0, 0.05) is 19.2 Å². The van der Waals surface area contributed by atoms with Gasteiger partial charge in [-0.2, -0.15) is 13.2 Å². The first kappa shape index (κ1) is 15.3. The minimum Gasteiger partial charge on any atom is -0.383 e. The lowest BCUT2D eigenvalue weighted by molar-refractivity contribution is -0.137. The van der Waals surface area contributed by atoms with Gasteiger partial charge in [-0.1, -0.05) is 12.1 Å². The summed E-state index contributed by atoms with van der Waals surface area (Å²) in [4.78, 5) is 0. The monoisotopic (exact) mass is 287 g/mol. The third-order valence-corrected chi connectivity index (χ3v) is 3.72. The molecule has 0 aromatic heterocycles. The van der Waals surface area contributed by atoms with Crippen LogP contribution in [0.4, 0.5) is 13.2 Å². The van der Waals surface area contributed by atoms with Crippen LogP contribution < -0.4 is 5.32 Å². The molecule has 1 fully saturated rings. The highest BCUT2D eigenvalue weighted by atomic mass is 19.4. The van der Waals surface area contributed by atoms with E-state index in [2.05, 4.69) is 5.32 Å². The van der Waals surface area contributed by atoms with E-state index < -0.39 is 11.7 Å². The second-order valence-electron chi connectivity index (χ2n) is 5.41. The van der Waals surface area contributed by atoms with Crippen LogP contribution in [0.2, 0.25) is 0 Å². The summed E-state index contributed by atoms with van der Waals surface area (Å²) in [6.07, 6.45) is -1.97. The summed E-state index contributed by atoms with van der Waals surface area (Å²) < 4.78 is 43.3. The van der Waals surface area contributed by atoms with Crippen molar-refractivity contribution in [2.24, 2.45) is 5.92 Å². The summed E-state index contributed by atoms with van der Waals surface area (Å²) in [6.45, 7) is 2.48. The minimum absolute atomic E-state index is 0.127. The molecule has 1 aromatic rings. The molecule has 0 heterocycles. The maximum atomic E-state index is 12.7. The van der Waals surface area contributed by atoms with Crippen LogP contribution in [0.3, 0.4) is 0 Å². The van der Waals surface area contributed by atoms with Crippen LogP contribution in [-0.2, 0) is 10.9 Å². The molecule has 2 rings (SSSR count). The fourth-order valence-corrected chi connectivity index (χ4v) is 2.40. The highest BCUT2D eigenvalue weighted by Crippen LogP contribution is 2.34. The Morgan fingerprint density at radius 2 is 2.05 bits per heavy atom. The molecule has 0 aliphatic heterocycles. The molecule has 0 bridgehead atoms. The number of rotatable bonds is 6. The third kappa shape index (κ3) is 3.96. The number of nitrogens with one attached hydrogen (secondary N) is 1. The van der Waals surface area contributed by atoms with E-state index in [4.69, 9.17) is 4.74 Å². The van der Waals surface area contributed by atoms with Gasteiger partial charge in [0.05, 0.1) is 12.2 Å². The highest BCUT2D eigenvalue weighted by molar-refractivity contribution is 5.27. The van der Waals surface area contributed by atoms with Crippen molar-refractivity contribution in [3.8, 4) is 0 Å². The van der Waals surface area contributed by atoms with Crippen LogP contribution in [-0.4, -0.2) is 19.8 Å². The van der Waals surface area contributed by atoms with Gasteiger partial charge in [-0.15, -0.1) is 0 Å². The molecule has 2 nitrogen and oxygen atoms in total. The third-order valence-electron chi connectivity index (χ3n) is 3.72. The number of hydrogen-bond donors (Lipinski definition) is 1. The van der Waals surface area contributed by atoms with E-state index in [9.17, 15) is 13.2 Å². The number of halogens is 3. The number of hydrogen-bond acceptors (Lipinski definition) is 2. The molecule has 1 aliphatic rings. The van der Waals surface area contributed by atoms with Gasteiger partial charge in [-0.05, 0) is 43.4 Å². The van der Waals surface area contributed by atoms with E-state index in [-0.39, 0.29) is 12.1 Å². The van der Waals surface area contributed by atoms with E-state index >= 15 is 0 Å². The Morgan fingerprint density at radius 3 is 2.60 bits per heavy atom. The molecule has 1 N–H and O–H groups in total. The average molecular weight is 287 g/mol. The topological polar surface area (TPSA) is 21.3 Å². The molecule has 0 spiro atoms. The largest absolute Gasteiger partial charge is 0.416 e.